The zero-order chi connectivity index (χ0) is 22.5. The van der Waals surface area contributed by atoms with Gasteiger partial charge in [0, 0.05) is 37.8 Å². The van der Waals surface area contributed by atoms with Crippen molar-refractivity contribution in [3.05, 3.63) is 83.8 Å². The third kappa shape index (κ3) is 4.85. The number of amides is 1. The average Bonchev–Trinajstić information content (AvgIpc) is 3.46. The molecule has 2 aromatic carbocycles. The van der Waals surface area contributed by atoms with E-state index in [1.807, 2.05) is 73.3 Å². The number of imidazole rings is 1. The van der Waals surface area contributed by atoms with Crippen molar-refractivity contribution < 1.29 is 13.9 Å². The van der Waals surface area contributed by atoms with Gasteiger partial charge in [0.05, 0.1) is 7.11 Å². The van der Waals surface area contributed by atoms with E-state index in [2.05, 4.69) is 20.5 Å². The zero-order valence-electron chi connectivity index (χ0n) is 18.3. The summed E-state index contributed by atoms with van der Waals surface area (Å²) >= 11 is 0. The lowest BCUT2D eigenvalue weighted by atomic mass is 10.1. The molecule has 0 aliphatic rings. The molecule has 8 nitrogen and oxygen atoms in total. The van der Waals surface area contributed by atoms with E-state index in [1.54, 1.807) is 13.3 Å². The minimum Gasteiger partial charge on any atom is -0.497 e. The van der Waals surface area contributed by atoms with Crippen molar-refractivity contribution in [2.45, 2.75) is 25.8 Å². The molecule has 0 aliphatic carbocycles. The fraction of sp³-hybridized carbons (Fsp3) is 0.250. The largest absolute Gasteiger partial charge is 0.497 e. The number of rotatable bonds is 8. The van der Waals surface area contributed by atoms with Gasteiger partial charge in [-0.2, -0.15) is 0 Å². The summed E-state index contributed by atoms with van der Waals surface area (Å²) < 4.78 is 12.9. The summed E-state index contributed by atoms with van der Waals surface area (Å²) in [6.45, 7) is 2.02. The molecule has 0 spiro atoms. The van der Waals surface area contributed by atoms with Crippen LogP contribution in [0.4, 0.5) is 0 Å². The van der Waals surface area contributed by atoms with Gasteiger partial charge < -0.3 is 19.0 Å². The third-order valence-corrected chi connectivity index (χ3v) is 5.20. The smallest absolute Gasteiger partial charge is 0.247 e. The van der Waals surface area contributed by atoms with Crippen molar-refractivity contribution in [1.82, 2.24) is 25.1 Å². The number of benzene rings is 2. The van der Waals surface area contributed by atoms with Crippen molar-refractivity contribution in [1.29, 1.82) is 0 Å². The summed E-state index contributed by atoms with van der Waals surface area (Å²) in [6, 6.07) is 15.0. The Morgan fingerprint density at radius 3 is 2.53 bits per heavy atom. The van der Waals surface area contributed by atoms with Crippen LogP contribution in [0.15, 0.2) is 65.3 Å². The molecule has 1 N–H and O–H groups in total. The molecule has 8 heteroatoms. The number of nitrogens with zero attached hydrogens (tertiary/aromatic N) is 4. The molecule has 0 aliphatic heterocycles. The Bertz CT molecular complexity index is 1180. The monoisotopic (exact) mass is 431 g/mol. The van der Waals surface area contributed by atoms with Crippen LogP contribution >= 0.6 is 0 Å². The zero-order valence-corrected chi connectivity index (χ0v) is 18.3. The molecule has 2 heterocycles. The fourth-order valence-corrected chi connectivity index (χ4v) is 3.37. The summed E-state index contributed by atoms with van der Waals surface area (Å²) in [6.07, 6.45) is 4.12. The van der Waals surface area contributed by atoms with E-state index in [0.29, 0.717) is 18.2 Å². The Kier molecular flexibility index (Phi) is 6.30. The lowest BCUT2D eigenvalue weighted by Gasteiger charge is -2.19. The van der Waals surface area contributed by atoms with Crippen molar-refractivity contribution in [2.24, 2.45) is 7.05 Å². The second-order valence-corrected chi connectivity index (χ2v) is 7.54. The van der Waals surface area contributed by atoms with Gasteiger partial charge in [0.1, 0.15) is 17.6 Å². The van der Waals surface area contributed by atoms with Crippen LogP contribution in [-0.4, -0.2) is 32.8 Å². The van der Waals surface area contributed by atoms with E-state index in [-0.39, 0.29) is 18.4 Å². The number of carbonyl (C=O) groups excluding carboxylic acids is 1. The van der Waals surface area contributed by atoms with Gasteiger partial charge in [-0.05, 0) is 36.8 Å². The number of ether oxygens (including phenoxy) is 1. The molecule has 0 radical (unpaired) electrons. The Morgan fingerprint density at radius 1 is 1.12 bits per heavy atom. The highest BCUT2D eigenvalue weighted by Crippen LogP contribution is 2.23. The normalized spacial score (nSPS) is 11.8. The quantitative estimate of drug-likeness (QED) is 0.458. The molecule has 0 saturated carbocycles. The van der Waals surface area contributed by atoms with Crippen LogP contribution in [0.3, 0.4) is 0 Å². The molecule has 4 aromatic rings. The highest BCUT2D eigenvalue weighted by Gasteiger charge is 2.21. The van der Waals surface area contributed by atoms with E-state index in [9.17, 15) is 4.79 Å². The van der Waals surface area contributed by atoms with Gasteiger partial charge in [-0.1, -0.05) is 29.8 Å². The molecule has 2 aromatic heterocycles. The number of methoxy groups -OCH3 is 1. The molecule has 1 atom stereocenters. The minimum atomic E-state index is -0.390. The maximum absolute atomic E-state index is 12.8. The molecular formula is C24H25N5O3. The number of carbonyl (C=O) groups is 1. The van der Waals surface area contributed by atoms with Crippen LogP contribution in [-0.2, 0) is 18.3 Å². The lowest BCUT2D eigenvalue weighted by molar-refractivity contribution is -0.121. The summed E-state index contributed by atoms with van der Waals surface area (Å²) in [4.78, 5) is 17.2. The molecular weight excluding hydrogens is 406 g/mol. The Labute approximate surface area is 186 Å². The predicted molar refractivity (Wildman–Crippen MR) is 119 cm³/mol. The van der Waals surface area contributed by atoms with Gasteiger partial charge in [-0.3, -0.25) is 4.79 Å². The molecule has 0 fully saturated rings. The standard InChI is InChI=1S/C24H25N5O3/c1-16-4-6-18(7-5-16)24-28-27-21(32-24)13-12-20(30)26-22(23-25-14-15-29(23)2)17-8-10-19(31-3)11-9-17/h4-11,14-15,22H,12-13H2,1-3H3,(H,26,30). The minimum absolute atomic E-state index is 0.135. The van der Waals surface area contributed by atoms with Crippen molar-refractivity contribution >= 4 is 5.91 Å². The number of nitrogens with one attached hydrogen (secondary N) is 1. The number of hydrogen-bond donors (Lipinski definition) is 1. The predicted octanol–water partition coefficient (Wildman–Crippen LogP) is 3.63. The van der Waals surface area contributed by atoms with Gasteiger partial charge in [0.25, 0.3) is 0 Å². The van der Waals surface area contributed by atoms with Crippen molar-refractivity contribution in [3.63, 3.8) is 0 Å². The van der Waals surface area contributed by atoms with Gasteiger partial charge in [0.2, 0.25) is 17.7 Å². The lowest BCUT2D eigenvalue weighted by Crippen LogP contribution is -2.31. The maximum atomic E-state index is 12.8. The van der Waals surface area contributed by atoms with Crippen molar-refractivity contribution in [2.75, 3.05) is 7.11 Å². The first-order valence-electron chi connectivity index (χ1n) is 10.3. The van der Waals surface area contributed by atoms with E-state index in [4.69, 9.17) is 9.15 Å². The molecule has 0 bridgehead atoms. The van der Waals surface area contributed by atoms with E-state index in [1.165, 1.54) is 0 Å². The molecule has 1 unspecified atom stereocenters. The van der Waals surface area contributed by atoms with Gasteiger partial charge in [-0.15, -0.1) is 10.2 Å². The van der Waals surface area contributed by atoms with Crippen LogP contribution < -0.4 is 10.1 Å². The van der Waals surface area contributed by atoms with Crippen LogP contribution in [0.25, 0.3) is 11.5 Å². The summed E-state index contributed by atoms with van der Waals surface area (Å²) in [7, 11) is 3.52. The first-order chi connectivity index (χ1) is 15.5. The Morgan fingerprint density at radius 2 is 1.88 bits per heavy atom. The first kappa shape index (κ1) is 21.3. The van der Waals surface area contributed by atoms with E-state index in [0.717, 1.165) is 28.3 Å². The highest BCUT2D eigenvalue weighted by atomic mass is 16.5. The number of hydrogen-bond acceptors (Lipinski definition) is 6. The molecule has 1 amide bonds. The van der Waals surface area contributed by atoms with Crippen LogP contribution in [0.1, 0.15) is 35.3 Å². The topological polar surface area (TPSA) is 95.1 Å². The highest BCUT2D eigenvalue weighted by molar-refractivity contribution is 5.77. The summed E-state index contributed by atoms with van der Waals surface area (Å²) in [5.41, 5.74) is 2.92. The van der Waals surface area contributed by atoms with Crippen LogP contribution in [0.5, 0.6) is 5.75 Å². The third-order valence-electron chi connectivity index (χ3n) is 5.20. The first-order valence-corrected chi connectivity index (χ1v) is 10.3. The second kappa shape index (κ2) is 9.47. The molecule has 32 heavy (non-hydrogen) atoms. The Hall–Kier alpha value is -3.94. The van der Waals surface area contributed by atoms with E-state index < -0.39 is 0 Å². The SMILES string of the molecule is COc1ccc(C(NC(=O)CCc2nnc(-c3ccc(C)cc3)o2)c2nccn2C)cc1. The van der Waals surface area contributed by atoms with Crippen LogP contribution in [0, 0.1) is 6.92 Å². The summed E-state index contributed by atoms with van der Waals surface area (Å²) in [5.74, 6) is 2.23. The fourth-order valence-electron chi connectivity index (χ4n) is 3.37. The number of aryl methyl sites for hydroxylation is 3. The summed E-state index contributed by atoms with van der Waals surface area (Å²) in [5, 5.41) is 11.3. The van der Waals surface area contributed by atoms with Gasteiger partial charge in [-0.25, -0.2) is 4.98 Å². The second-order valence-electron chi connectivity index (χ2n) is 7.54. The van der Waals surface area contributed by atoms with Gasteiger partial charge >= 0.3 is 0 Å². The van der Waals surface area contributed by atoms with Crippen LogP contribution in [0.2, 0.25) is 0 Å². The molecule has 164 valence electrons. The average molecular weight is 431 g/mol. The van der Waals surface area contributed by atoms with Gasteiger partial charge in [0.15, 0.2) is 0 Å². The van der Waals surface area contributed by atoms with Crippen molar-refractivity contribution in [3.8, 4) is 17.2 Å². The molecule has 0 saturated heterocycles. The number of aromatic nitrogens is 4. The Balaban J connectivity index is 1.43. The molecule has 4 rings (SSSR count). The van der Waals surface area contributed by atoms with E-state index >= 15 is 0 Å². The maximum Gasteiger partial charge on any atom is 0.247 e.